The van der Waals surface area contributed by atoms with Gasteiger partial charge in [-0.05, 0) is 18.6 Å². The van der Waals surface area contributed by atoms with E-state index in [-0.39, 0.29) is 11.8 Å². The number of carbonyl (C=O) groups excluding carboxylic acids is 2. The van der Waals surface area contributed by atoms with E-state index >= 15 is 0 Å². The van der Waals surface area contributed by atoms with Gasteiger partial charge in [0.2, 0.25) is 16.9 Å². The molecule has 0 saturated carbocycles. The van der Waals surface area contributed by atoms with Crippen molar-refractivity contribution in [2.45, 2.75) is 18.9 Å². The van der Waals surface area contributed by atoms with Gasteiger partial charge in [0.15, 0.2) is 3.95 Å². The van der Waals surface area contributed by atoms with Crippen LogP contribution in [0, 0.1) is 3.95 Å². The second-order valence-electron chi connectivity index (χ2n) is 3.07. The van der Waals surface area contributed by atoms with Crippen LogP contribution in [-0.4, -0.2) is 28.1 Å². The number of nitrogens with zero attached hydrogens (tertiary/aromatic N) is 1. The highest BCUT2D eigenvalue weighted by Gasteiger charge is 2.26. The van der Waals surface area contributed by atoms with Gasteiger partial charge in [-0.25, -0.2) is 0 Å². The van der Waals surface area contributed by atoms with Crippen molar-refractivity contribution in [2.24, 2.45) is 0 Å². The number of aromatic nitrogens is 2. The quantitative estimate of drug-likeness (QED) is 0.518. The molecule has 1 saturated heterocycles. The fourth-order valence-corrected chi connectivity index (χ4v) is 2.11. The Bertz CT molecular complexity index is 452. The van der Waals surface area contributed by atoms with E-state index in [1.165, 1.54) is 11.3 Å². The van der Waals surface area contributed by atoms with Crippen LogP contribution < -0.4 is 10.6 Å². The first kappa shape index (κ1) is 10.2. The highest BCUT2D eigenvalue weighted by atomic mass is 32.1. The number of rotatable bonds is 2. The molecule has 1 aliphatic heterocycles. The first-order valence-corrected chi connectivity index (χ1v) is 5.53. The monoisotopic (exact) mass is 244 g/mol. The molecule has 0 bridgehead atoms. The Balaban J connectivity index is 2.03. The summed E-state index contributed by atoms with van der Waals surface area (Å²) >= 11 is 6.11. The Morgan fingerprint density at radius 1 is 1.53 bits per heavy atom. The van der Waals surface area contributed by atoms with Gasteiger partial charge in [0.05, 0.1) is 0 Å². The van der Waals surface area contributed by atoms with Crippen LogP contribution in [0.15, 0.2) is 0 Å². The average molecular weight is 244 g/mol. The molecule has 8 heteroatoms. The van der Waals surface area contributed by atoms with Crippen LogP contribution in [-0.2, 0) is 9.59 Å². The zero-order chi connectivity index (χ0) is 10.8. The maximum absolute atomic E-state index is 11.4. The third kappa shape index (κ3) is 2.39. The molecule has 6 nitrogen and oxygen atoms in total. The number of carbonyl (C=O) groups is 2. The van der Waals surface area contributed by atoms with Crippen molar-refractivity contribution in [1.82, 2.24) is 15.5 Å². The van der Waals surface area contributed by atoms with E-state index in [0.717, 1.165) is 0 Å². The Kier molecular flexibility index (Phi) is 2.78. The molecule has 1 unspecified atom stereocenters. The molecule has 2 heterocycles. The fraction of sp³-hybridized carbons (Fsp3) is 0.429. The van der Waals surface area contributed by atoms with Crippen molar-refractivity contribution < 1.29 is 9.59 Å². The fourth-order valence-electron chi connectivity index (χ4n) is 1.27. The number of amides is 2. The molecule has 1 aromatic heterocycles. The second-order valence-corrected chi connectivity index (χ2v) is 4.73. The molecule has 1 aliphatic rings. The first-order chi connectivity index (χ1) is 7.15. The number of H-pyrrole nitrogens is 1. The van der Waals surface area contributed by atoms with E-state index in [1.807, 2.05) is 0 Å². The van der Waals surface area contributed by atoms with E-state index in [9.17, 15) is 9.59 Å². The van der Waals surface area contributed by atoms with Crippen molar-refractivity contribution >= 4 is 40.5 Å². The van der Waals surface area contributed by atoms with Crippen LogP contribution in [0.2, 0.25) is 0 Å². The summed E-state index contributed by atoms with van der Waals surface area (Å²) in [5.41, 5.74) is 0. The van der Waals surface area contributed by atoms with Crippen molar-refractivity contribution in [3.8, 4) is 0 Å². The molecule has 1 atom stereocenters. The lowest BCUT2D eigenvalue weighted by atomic mass is 10.1. The normalized spacial score (nSPS) is 21.2. The van der Waals surface area contributed by atoms with Crippen LogP contribution in [0.3, 0.4) is 0 Å². The highest BCUT2D eigenvalue weighted by Crippen LogP contribution is 2.15. The van der Waals surface area contributed by atoms with Gasteiger partial charge in [0.1, 0.15) is 6.04 Å². The number of hydrogen-bond donors (Lipinski definition) is 3. The van der Waals surface area contributed by atoms with E-state index in [0.29, 0.717) is 21.9 Å². The molecule has 1 aromatic rings. The van der Waals surface area contributed by atoms with Crippen LogP contribution in [0.4, 0.5) is 5.13 Å². The van der Waals surface area contributed by atoms with Crippen LogP contribution in [0.5, 0.6) is 0 Å². The van der Waals surface area contributed by atoms with Gasteiger partial charge in [0, 0.05) is 6.42 Å². The average Bonchev–Trinajstić information content (AvgIpc) is 2.56. The molecular formula is C7H8N4O2S2. The van der Waals surface area contributed by atoms with Crippen molar-refractivity contribution in [2.75, 3.05) is 5.32 Å². The van der Waals surface area contributed by atoms with Gasteiger partial charge in [-0.2, -0.15) is 0 Å². The summed E-state index contributed by atoms with van der Waals surface area (Å²) in [6.07, 6.45) is 0.830. The number of aromatic amines is 1. The molecule has 0 aromatic carbocycles. The van der Waals surface area contributed by atoms with Gasteiger partial charge < -0.3 is 5.32 Å². The maximum Gasteiger partial charge on any atom is 0.249 e. The molecule has 1 fully saturated rings. The molecular weight excluding hydrogens is 236 g/mol. The second kappa shape index (κ2) is 4.07. The topological polar surface area (TPSA) is 86.9 Å². The summed E-state index contributed by atoms with van der Waals surface area (Å²) in [7, 11) is 0. The molecule has 2 rings (SSSR count). The third-order valence-corrected chi connectivity index (χ3v) is 3.00. The van der Waals surface area contributed by atoms with E-state index in [1.54, 1.807) is 0 Å². The molecule has 0 radical (unpaired) electrons. The molecule has 80 valence electrons. The summed E-state index contributed by atoms with van der Waals surface area (Å²) in [5, 5.41) is 12.2. The van der Waals surface area contributed by atoms with E-state index in [2.05, 4.69) is 20.8 Å². The van der Waals surface area contributed by atoms with Crippen molar-refractivity contribution in [1.29, 1.82) is 0 Å². The Labute approximate surface area is 94.1 Å². The molecule has 0 spiro atoms. The van der Waals surface area contributed by atoms with E-state index < -0.39 is 6.04 Å². The lowest BCUT2D eigenvalue weighted by Gasteiger charge is -2.20. The SMILES string of the molecule is O=C1CCC(Nc2n[nH]c(=S)s2)C(=O)N1. The largest absolute Gasteiger partial charge is 0.348 e. The highest BCUT2D eigenvalue weighted by molar-refractivity contribution is 7.73. The Morgan fingerprint density at radius 3 is 2.93 bits per heavy atom. The molecule has 15 heavy (non-hydrogen) atoms. The molecule has 0 aliphatic carbocycles. The number of piperidine rings is 1. The van der Waals surface area contributed by atoms with Crippen molar-refractivity contribution in [3.63, 3.8) is 0 Å². The zero-order valence-corrected chi connectivity index (χ0v) is 9.20. The summed E-state index contributed by atoms with van der Waals surface area (Å²) in [6, 6.07) is -0.406. The Morgan fingerprint density at radius 2 is 2.33 bits per heavy atom. The zero-order valence-electron chi connectivity index (χ0n) is 7.57. The maximum atomic E-state index is 11.4. The minimum atomic E-state index is -0.406. The summed E-state index contributed by atoms with van der Waals surface area (Å²) in [4.78, 5) is 22.2. The van der Waals surface area contributed by atoms with Gasteiger partial charge in [-0.15, -0.1) is 5.10 Å². The van der Waals surface area contributed by atoms with Crippen LogP contribution in [0.1, 0.15) is 12.8 Å². The lowest BCUT2D eigenvalue weighted by molar-refractivity contribution is -0.133. The van der Waals surface area contributed by atoms with Crippen molar-refractivity contribution in [3.05, 3.63) is 3.95 Å². The predicted molar refractivity (Wildman–Crippen MR) is 57.1 cm³/mol. The molecule has 3 N–H and O–H groups in total. The standard InChI is InChI=1S/C7H8N4O2S2/c12-4-2-1-3(5(13)9-4)8-6-10-11-7(14)15-6/h3H,1-2H2,(H,8,10)(H,11,14)(H,9,12,13). The number of anilines is 1. The number of hydrogen-bond acceptors (Lipinski definition) is 6. The summed E-state index contributed by atoms with van der Waals surface area (Å²) in [5.74, 6) is -0.542. The minimum Gasteiger partial charge on any atom is -0.348 e. The minimum absolute atomic E-state index is 0.229. The van der Waals surface area contributed by atoms with Gasteiger partial charge in [-0.3, -0.25) is 20.0 Å². The van der Waals surface area contributed by atoms with Crippen LogP contribution in [0.25, 0.3) is 0 Å². The molecule has 2 amide bonds. The summed E-state index contributed by atoms with van der Waals surface area (Å²) < 4.78 is 0.546. The predicted octanol–water partition coefficient (Wildman–Crippen LogP) is 0.418. The Hall–Kier alpha value is -1.28. The van der Waals surface area contributed by atoms with E-state index in [4.69, 9.17) is 12.2 Å². The van der Waals surface area contributed by atoms with Crippen LogP contribution >= 0.6 is 23.6 Å². The number of imide groups is 1. The third-order valence-electron chi connectivity index (χ3n) is 1.97. The smallest absolute Gasteiger partial charge is 0.249 e. The lowest BCUT2D eigenvalue weighted by Crippen LogP contribution is -2.47. The number of nitrogens with one attached hydrogen (secondary N) is 3. The summed E-state index contributed by atoms with van der Waals surface area (Å²) in [6.45, 7) is 0. The first-order valence-electron chi connectivity index (χ1n) is 4.31. The van der Waals surface area contributed by atoms with Gasteiger partial charge in [-0.1, -0.05) is 11.3 Å². The van der Waals surface area contributed by atoms with Gasteiger partial charge >= 0.3 is 0 Å². The van der Waals surface area contributed by atoms with Gasteiger partial charge in [0.25, 0.3) is 0 Å².